The summed E-state index contributed by atoms with van der Waals surface area (Å²) in [5.74, 6) is -1.23. The predicted octanol–water partition coefficient (Wildman–Crippen LogP) is 0.108. The average Bonchev–Trinajstić information content (AvgIpc) is 1.98. The van der Waals surface area contributed by atoms with Crippen LogP contribution in [0.3, 0.4) is 0 Å². The summed E-state index contributed by atoms with van der Waals surface area (Å²) in [4.78, 5) is 10.3. The first kappa shape index (κ1) is 10.2. The SMILES string of the molecule is C=C(C(=O)[O-])C(CC)OCC. The molecule has 0 rings (SSSR count). The number of aliphatic carboxylic acids is 1. The summed E-state index contributed by atoms with van der Waals surface area (Å²) in [5.41, 5.74) is 0.0225. The summed E-state index contributed by atoms with van der Waals surface area (Å²) < 4.78 is 5.09. The second-order valence-corrected chi connectivity index (χ2v) is 2.16. The molecule has 1 atom stereocenters. The molecule has 1 unspecified atom stereocenters. The van der Waals surface area contributed by atoms with Crippen molar-refractivity contribution in [3.63, 3.8) is 0 Å². The highest BCUT2D eigenvalue weighted by Gasteiger charge is 2.09. The first-order valence-electron chi connectivity index (χ1n) is 3.65. The summed E-state index contributed by atoms with van der Waals surface area (Å²) in [6, 6.07) is 0. The molecule has 64 valence electrons. The number of carboxylic acids is 1. The van der Waals surface area contributed by atoms with E-state index in [0.29, 0.717) is 13.0 Å². The molecule has 0 fully saturated rings. The second-order valence-electron chi connectivity index (χ2n) is 2.16. The van der Waals surface area contributed by atoms with Gasteiger partial charge < -0.3 is 14.6 Å². The van der Waals surface area contributed by atoms with Gasteiger partial charge in [0.15, 0.2) is 0 Å². The molecule has 0 radical (unpaired) electrons. The zero-order valence-corrected chi connectivity index (χ0v) is 6.92. The minimum absolute atomic E-state index is 0.0225. The Morgan fingerprint density at radius 1 is 1.64 bits per heavy atom. The predicted molar refractivity (Wildman–Crippen MR) is 39.9 cm³/mol. The third-order valence-electron chi connectivity index (χ3n) is 1.39. The Hall–Kier alpha value is -0.830. The largest absolute Gasteiger partial charge is 0.545 e. The topological polar surface area (TPSA) is 49.4 Å². The number of rotatable bonds is 5. The lowest BCUT2D eigenvalue weighted by atomic mass is 10.1. The first-order valence-corrected chi connectivity index (χ1v) is 3.65. The molecule has 0 aliphatic rings. The van der Waals surface area contributed by atoms with Crippen LogP contribution in [0.15, 0.2) is 12.2 Å². The van der Waals surface area contributed by atoms with E-state index in [0.717, 1.165) is 0 Å². The standard InChI is InChI=1S/C8H14O3/c1-4-7(11-5-2)6(3)8(9)10/h7H,3-5H2,1-2H3,(H,9,10)/p-1. The molecule has 0 saturated carbocycles. The van der Waals surface area contributed by atoms with Crippen LogP contribution in [0.2, 0.25) is 0 Å². The van der Waals surface area contributed by atoms with Crippen LogP contribution in [0.25, 0.3) is 0 Å². The van der Waals surface area contributed by atoms with Crippen molar-refractivity contribution in [3.05, 3.63) is 12.2 Å². The fraction of sp³-hybridized carbons (Fsp3) is 0.625. The molecule has 0 heterocycles. The smallest absolute Gasteiger partial charge is 0.0833 e. The maximum atomic E-state index is 10.3. The number of ether oxygens (including phenoxy) is 1. The summed E-state index contributed by atoms with van der Waals surface area (Å²) in [7, 11) is 0. The van der Waals surface area contributed by atoms with Gasteiger partial charge in [0, 0.05) is 6.61 Å². The van der Waals surface area contributed by atoms with Gasteiger partial charge in [-0.3, -0.25) is 0 Å². The van der Waals surface area contributed by atoms with E-state index >= 15 is 0 Å². The molecule has 0 aliphatic carbocycles. The Bertz CT molecular complexity index is 151. The summed E-state index contributed by atoms with van der Waals surface area (Å²) in [5, 5.41) is 10.3. The maximum absolute atomic E-state index is 10.3. The number of hydrogen-bond acceptors (Lipinski definition) is 3. The van der Waals surface area contributed by atoms with Crippen LogP contribution in [-0.2, 0) is 9.53 Å². The lowest BCUT2D eigenvalue weighted by Crippen LogP contribution is -2.31. The number of hydrogen-bond donors (Lipinski definition) is 0. The van der Waals surface area contributed by atoms with E-state index in [1.165, 1.54) is 0 Å². The molecule has 0 aromatic rings. The van der Waals surface area contributed by atoms with Crippen molar-refractivity contribution in [2.75, 3.05) is 6.61 Å². The average molecular weight is 157 g/mol. The highest BCUT2D eigenvalue weighted by Crippen LogP contribution is 2.07. The lowest BCUT2D eigenvalue weighted by Gasteiger charge is -2.17. The summed E-state index contributed by atoms with van der Waals surface area (Å²) in [6.07, 6.45) is 0.214. The van der Waals surface area contributed by atoms with Crippen molar-refractivity contribution < 1.29 is 14.6 Å². The zero-order valence-electron chi connectivity index (χ0n) is 6.92. The van der Waals surface area contributed by atoms with Gasteiger partial charge in [-0.1, -0.05) is 13.5 Å². The van der Waals surface area contributed by atoms with Gasteiger partial charge >= 0.3 is 0 Å². The first-order chi connectivity index (χ1) is 5.13. The van der Waals surface area contributed by atoms with Gasteiger partial charge in [0.05, 0.1) is 12.1 Å². The van der Waals surface area contributed by atoms with E-state index in [2.05, 4.69) is 6.58 Å². The van der Waals surface area contributed by atoms with Crippen molar-refractivity contribution in [3.8, 4) is 0 Å². The molecule has 0 amide bonds. The van der Waals surface area contributed by atoms with Gasteiger partial charge in [0.1, 0.15) is 0 Å². The minimum atomic E-state index is -1.23. The summed E-state index contributed by atoms with van der Waals surface area (Å²) in [6.45, 7) is 7.50. The van der Waals surface area contributed by atoms with Crippen molar-refractivity contribution in [1.29, 1.82) is 0 Å². The van der Waals surface area contributed by atoms with Crippen LogP contribution in [0, 0.1) is 0 Å². The van der Waals surface area contributed by atoms with E-state index in [1.54, 1.807) is 0 Å². The van der Waals surface area contributed by atoms with E-state index in [9.17, 15) is 9.90 Å². The van der Waals surface area contributed by atoms with Gasteiger partial charge in [0.25, 0.3) is 0 Å². The molecule has 0 saturated heterocycles. The monoisotopic (exact) mass is 157 g/mol. The van der Waals surface area contributed by atoms with Crippen molar-refractivity contribution in [2.24, 2.45) is 0 Å². The molecular weight excluding hydrogens is 144 g/mol. The summed E-state index contributed by atoms with van der Waals surface area (Å²) >= 11 is 0. The van der Waals surface area contributed by atoms with Gasteiger partial charge in [-0.05, 0) is 18.9 Å². The molecule has 3 heteroatoms. The molecule has 11 heavy (non-hydrogen) atoms. The van der Waals surface area contributed by atoms with Crippen molar-refractivity contribution in [1.82, 2.24) is 0 Å². The van der Waals surface area contributed by atoms with Crippen molar-refractivity contribution >= 4 is 5.97 Å². The normalized spacial score (nSPS) is 12.5. The van der Waals surface area contributed by atoms with E-state index < -0.39 is 12.1 Å². The molecule has 0 bridgehead atoms. The molecule has 0 spiro atoms. The van der Waals surface area contributed by atoms with Gasteiger partial charge in [0.2, 0.25) is 0 Å². The fourth-order valence-electron chi connectivity index (χ4n) is 0.797. The maximum Gasteiger partial charge on any atom is 0.0833 e. The van der Waals surface area contributed by atoms with E-state index in [4.69, 9.17) is 4.74 Å². The van der Waals surface area contributed by atoms with Crippen LogP contribution in [0.5, 0.6) is 0 Å². The van der Waals surface area contributed by atoms with Crippen LogP contribution >= 0.6 is 0 Å². The van der Waals surface area contributed by atoms with Crippen LogP contribution in [0.1, 0.15) is 20.3 Å². The van der Waals surface area contributed by atoms with E-state index in [-0.39, 0.29) is 5.57 Å². The zero-order chi connectivity index (χ0) is 8.85. The minimum Gasteiger partial charge on any atom is -0.545 e. The Morgan fingerprint density at radius 3 is 2.45 bits per heavy atom. The highest BCUT2D eigenvalue weighted by atomic mass is 16.5. The number of carboxylic acid groups (broad SMARTS) is 1. The second kappa shape index (κ2) is 4.91. The Labute approximate surface area is 66.7 Å². The molecule has 3 nitrogen and oxygen atoms in total. The molecule has 0 N–H and O–H groups in total. The Morgan fingerprint density at radius 2 is 2.18 bits per heavy atom. The third kappa shape index (κ3) is 3.18. The van der Waals surface area contributed by atoms with Crippen LogP contribution in [0.4, 0.5) is 0 Å². The number of carbonyl (C=O) groups excluding carboxylic acids is 1. The van der Waals surface area contributed by atoms with Gasteiger partial charge in [-0.2, -0.15) is 0 Å². The van der Waals surface area contributed by atoms with Crippen LogP contribution < -0.4 is 5.11 Å². The van der Waals surface area contributed by atoms with Gasteiger partial charge in [-0.15, -0.1) is 0 Å². The molecule has 0 aromatic carbocycles. The van der Waals surface area contributed by atoms with Crippen LogP contribution in [-0.4, -0.2) is 18.7 Å². The fourth-order valence-corrected chi connectivity index (χ4v) is 0.797. The third-order valence-corrected chi connectivity index (χ3v) is 1.39. The molecule has 0 aliphatic heterocycles. The lowest BCUT2D eigenvalue weighted by molar-refractivity contribution is -0.300. The van der Waals surface area contributed by atoms with E-state index in [1.807, 2.05) is 13.8 Å². The number of carbonyl (C=O) groups is 1. The molecule has 0 aromatic heterocycles. The Balaban J connectivity index is 4.02. The molecular formula is C8H13O3-. The quantitative estimate of drug-likeness (QED) is 0.532. The van der Waals surface area contributed by atoms with Crippen molar-refractivity contribution in [2.45, 2.75) is 26.4 Å². The highest BCUT2D eigenvalue weighted by molar-refractivity contribution is 5.85. The van der Waals surface area contributed by atoms with Gasteiger partial charge in [-0.25, -0.2) is 0 Å². The Kier molecular flexibility index (Phi) is 4.54.